The van der Waals surface area contributed by atoms with E-state index < -0.39 is 12.1 Å². The van der Waals surface area contributed by atoms with Crippen LogP contribution in [0.2, 0.25) is 0 Å². The number of carbonyl (C=O) groups is 2. The van der Waals surface area contributed by atoms with Crippen LogP contribution >= 0.6 is 0 Å². The first-order valence-electron chi connectivity index (χ1n) is 12.4. The van der Waals surface area contributed by atoms with Gasteiger partial charge >= 0.3 is 6.09 Å². The van der Waals surface area contributed by atoms with Crippen molar-refractivity contribution in [3.8, 4) is 17.2 Å². The molecule has 0 saturated carbocycles. The Morgan fingerprint density at radius 2 is 1.38 bits per heavy atom. The Hall–Kier alpha value is -4.50. The van der Waals surface area contributed by atoms with Crippen molar-refractivity contribution in [1.82, 2.24) is 9.80 Å². The van der Waals surface area contributed by atoms with Crippen LogP contribution in [0, 0.1) is 0 Å². The molecule has 0 bridgehead atoms. The summed E-state index contributed by atoms with van der Waals surface area (Å²) in [7, 11) is 4.48. The second kappa shape index (κ2) is 13.3. The Labute approximate surface area is 228 Å². The van der Waals surface area contributed by atoms with Crippen LogP contribution in [-0.4, -0.2) is 62.3 Å². The number of benzene rings is 3. The Bertz CT molecular complexity index is 1260. The van der Waals surface area contributed by atoms with Crippen molar-refractivity contribution in [2.24, 2.45) is 0 Å². The summed E-state index contributed by atoms with van der Waals surface area (Å²) in [6, 6.07) is 21.9. The van der Waals surface area contributed by atoms with Gasteiger partial charge in [0, 0.05) is 24.5 Å². The third-order valence-electron chi connectivity index (χ3n) is 6.22. The predicted molar refractivity (Wildman–Crippen MR) is 145 cm³/mol. The summed E-state index contributed by atoms with van der Waals surface area (Å²) in [5, 5.41) is 0. The lowest BCUT2D eigenvalue weighted by Gasteiger charge is -2.35. The first kappa shape index (κ1) is 27.5. The van der Waals surface area contributed by atoms with Gasteiger partial charge in [-0.1, -0.05) is 60.7 Å². The van der Waals surface area contributed by atoms with Crippen molar-refractivity contribution < 1.29 is 33.3 Å². The van der Waals surface area contributed by atoms with Gasteiger partial charge in [0.2, 0.25) is 5.75 Å². The molecule has 3 aromatic rings. The van der Waals surface area contributed by atoms with Crippen LogP contribution in [0.15, 0.2) is 85.2 Å². The highest BCUT2D eigenvalue weighted by Gasteiger charge is 2.32. The Morgan fingerprint density at radius 1 is 0.795 bits per heavy atom. The number of nitrogens with zero attached hydrogens (tertiary/aromatic N) is 2. The van der Waals surface area contributed by atoms with Gasteiger partial charge in [0.1, 0.15) is 6.61 Å². The Morgan fingerprint density at radius 3 is 1.95 bits per heavy atom. The fraction of sp³-hybridized carbons (Fsp3) is 0.267. The molecule has 204 valence electrons. The van der Waals surface area contributed by atoms with E-state index in [1.54, 1.807) is 24.5 Å². The van der Waals surface area contributed by atoms with Gasteiger partial charge in [0.05, 0.1) is 40.6 Å². The van der Waals surface area contributed by atoms with E-state index in [4.69, 9.17) is 23.7 Å². The maximum absolute atomic E-state index is 13.5. The molecule has 9 heteroatoms. The first-order valence-corrected chi connectivity index (χ1v) is 12.4. The van der Waals surface area contributed by atoms with Gasteiger partial charge in [-0.15, -0.1) is 0 Å². The SMILES string of the molecule is COc1cc(C(=O)N2C=CN(C(=O)OCc3ccccc3)[C@@H](COCc3ccccc3)C2)cc(OC)c1OC. The summed E-state index contributed by atoms with van der Waals surface area (Å²) in [6.07, 6.45) is 2.58. The zero-order chi connectivity index (χ0) is 27.6. The van der Waals surface area contributed by atoms with Crippen LogP contribution in [0.4, 0.5) is 4.79 Å². The average molecular weight is 533 g/mol. The number of ether oxygens (including phenoxy) is 5. The van der Waals surface area contributed by atoms with Gasteiger partial charge in [-0.05, 0) is 23.3 Å². The van der Waals surface area contributed by atoms with Crippen molar-refractivity contribution in [2.45, 2.75) is 19.3 Å². The smallest absolute Gasteiger partial charge is 0.414 e. The summed E-state index contributed by atoms with van der Waals surface area (Å²) in [6.45, 7) is 0.893. The average Bonchev–Trinajstić information content (AvgIpc) is 2.99. The normalized spacial score (nSPS) is 14.6. The van der Waals surface area contributed by atoms with Crippen LogP contribution in [0.5, 0.6) is 17.2 Å². The highest BCUT2D eigenvalue weighted by Crippen LogP contribution is 2.38. The van der Waals surface area contributed by atoms with E-state index >= 15 is 0 Å². The van der Waals surface area contributed by atoms with Crippen LogP contribution in [0.3, 0.4) is 0 Å². The van der Waals surface area contributed by atoms with Crippen molar-refractivity contribution >= 4 is 12.0 Å². The molecule has 0 saturated heterocycles. The highest BCUT2D eigenvalue weighted by atomic mass is 16.6. The molecular formula is C30H32N2O7. The number of amides is 2. The minimum absolute atomic E-state index is 0.135. The quantitative estimate of drug-likeness (QED) is 0.368. The zero-order valence-corrected chi connectivity index (χ0v) is 22.2. The third kappa shape index (κ3) is 6.88. The number of carbonyl (C=O) groups excluding carboxylic acids is 2. The zero-order valence-electron chi connectivity index (χ0n) is 22.2. The molecule has 1 aliphatic rings. The summed E-state index contributed by atoms with van der Waals surface area (Å²) in [5.41, 5.74) is 2.23. The Kier molecular flexibility index (Phi) is 9.42. The summed E-state index contributed by atoms with van der Waals surface area (Å²) in [4.78, 5) is 29.5. The van der Waals surface area contributed by atoms with Gasteiger partial charge in [-0.25, -0.2) is 4.79 Å². The molecule has 0 fully saturated rings. The molecule has 0 radical (unpaired) electrons. The monoisotopic (exact) mass is 532 g/mol. The minimum atomic E-state index is -0.525. The maximum atomic E-state index is 13.5. The van der Waals surface area contributed by atoms with E-state index in [1.807, 2.05) is 60.7 Å². The summed E-state index contributed by atoms with van der Waals surface area (Å²) >= 11 is 0. The van der Waals surface area contributed by atoms with Crippen molar-refractivity contribution in [3.05, 3.63) is 102 Å². The minimum Gasteiger partial charge on any atom is -0.493 e. The largest absolute Gasteiger partial charge is 0.493 e. The second-order valence-corrected chi connectivity index (χ2v) is 8.77. The number of hydrogen-bond donors (Lipinski definition) is 0. The molecule has 2 amide bonds. The van der Waals surface area contributed by atoms with Crippen LogP contribution < -0.4 is 14.2 Å². The number of methoxy groups -OCH3 is 3. The van der Waals surface area contributed by atoms with Crippen molar-refractivity contribution in [3.63, 3.8) is 0 Å². The Balaban J connectivity index is 1.52. The van der Waals surface area contributed by atoms with Gasteiger partial charge in [0.25, 0.3) is 5.91 Å². The van der Waals surface area contributed by atoms with Gasteiger partial charge in [-0.2, -0.15) is 0 Å². The molecule has 39 heavy (non-hydrogen) atoms. The molecule has 0 aromatic heterocycles. The molecule has 1 aliphatic heterocycles. The maximum Gasteiger partial charge on any atom is 0.414 e. The molecular weight excluding hydrogens is 500 g/mol. The third-order valence-corrected chi connectivity index (χ3v) is 6.22. The van der Waals surface area contributed by atoms with Crippen LogP contribution in [0.25, 0.3) is 0 Å². The van der Waals surface area contributed by atoms with E-state index in [2.05, 4.69) is 0 Å². The van der Waals surface area contributed by atoms with E-state index in [0.29, 0.717) is 29.4 Å². The van der Waals surface area contributed by atoms with E-state index in [1.165, 1.54) is 31.1 Å². The lowest BCUT2D eigenvalue weighted by Crippen LogP contribution is -2.50. The lowest BCUT2D eigenvalue weighted by molar-refractivity contribution is 0.0339. The lowest BCUT2D eigenvalue weighted by atomic mass is 10.1. The van der Waals surface area contributed by atoms with Gasteiger partial charge in [0.15, 0.2) is 11.5 Å². The molecule has 1 heterocycles. The van der Waals surface area contributed by atoms with Crippen LogP contribution in [0.1, 0.15) is 21.5 Å². The molecule has 1 atom stereocenters. The standard InChI is InChI=1S/C30H32N2O7/c1-35-26-16-24(17-27(36-2)28(26)37-3)29(33)31-14-15-32(30(34)39-20-23-12-8-5-9-13-23)25(18-31)21-38-19-22-10-6-4-7-11-22/h4-17,25H,18-21H2,1-3H3/t25-/m1/s1. The fourth-order valence-corrected chi connectivity index (χ4v) is 4.19. The molecule has 0 aliphatic carbocycles. The van der Waals surface area contributed by atoms with Crippen molar-refractivity contribution in [1.29, 1.82) is 0 Å². The van der Waals surface area contributed by atoms with E-state index in [0.717, 1.165) is 11.1 Å². The summed E-state index contributed by atoms with van der Waals surface area (Å²) in [5.74, 6) is 0.839. The highest BCUT2D eigenvalue weighted by molar-refractivity contribution is 5.96. The molecule has 0 unspecified atom stereocenters. The van der Waals surface area contributed by atoms with Gasteiger partial charge in [-0.3, -0.25) is 9.69 Å². The molecule has 0 spiro atoms. The molecule has 4 rings (SSSR count). The summed E-state index contributed by atoms with van der Waals surface area (Å²) < 4.78 is 27.7. The predicted octanol–water partition coefficient (Wildman–Crippen LogP) is 4.86. The first-order chi connectivity index (χ1) is 19.0. The topological polar surface area (TPSA) is 86.8 Å². The second-order valence-electron chi connectivity index (χ2n) is 8.77. The van der Waals surface area contributed by atoms with Crippen molar-refractivity contribution in [2.75, 3.05) is 34.5 Å². The number of hydrogen-bond acceptors (Lipinski definition) is 7. The number of rotatable bonds is 10. The molecule has 3 aromatic carbocycles. The molecule has 0 N–H and O–H groups in total. The van der Waals surface area contributed by atoms with Gasteiger partial charge < -0.3 is 28.6 Å². The van der Waals surface area contributed by atoms with E-state index in [9.17, 15) is 9.59 Å². The van der Waals surface area contributed by atoms with Crippen LogP contribution in [-0.2, 0) is 22.7 Å². The molecule has 9 nitrogen and oxygen atoms in total. The van der Waals surface area contributed by atoms with E-state index in [-0.39, 0.29) is 25.7 Å². The fourth-order valence-electron chi connectivity index (χ4n) is 4.19.